The molecule has 0 spiro atoms. The van der Waals surface area contributed by atoms with Gasteiger partial charge in [-0.3, -0.25) is 4.79 Å². The lowest BCUT2D eigenvalue weighted by Crippen LogP contribution is -2.28. The molecule has 3 aromatic heterocycles. The lowest BCUT2D eigenvalue weighted by atomic mass is 10.3. The smallest absolute Gasteiger partial charge is 0.397 e. The van der Waals surface area contributed by atoms with Crippen molar-refractivity contribution in [2.45, 2.75) is 31.5 Å². The number of anilines is 1. The van der Waals surface area contributed by atoms with Crippen LogP contribution in [-0.4, -0.2) is 33.3 Å². The van der Waals surface area contributed by atoms with Crippen LogP contribution in [0.4, 0.5) is 18.9 Å². The van der Waals surface area contributed by atoms with Gasteiger partial charge in [-0.05, 0) is 19.1 Å². The summed E-state index contributed by atoms with van der Waals surface area (Å²) in [5.74, 6) is -0.290. The maximum Gasteiger partial charge on any atom is 0.431 e. The van der Waals surface area contributed by atoms with E-state index in [1.165, 1.54) is 37.7 Å². The second kappa shape index (κ2) is 6.87. The fourth-order valence-electron chi connectivity index (χ4n) is 3.10. The molecule has 29 heavy (non-hydrogen) atoms. The van der Waals surface area contributed by atoms with Gasteiger partial charge in [0.05, 0.1) is 28.0 Å². The molecule has 0 saturated carbocycles. The molecule has 0 aliphatic heterocycles. The van der Waals surface area contributed by atoms with Crippen molar-refractivity contribution in [3.8, 4) is 11.5 Å². The van der Waals surface area contributed by atoms with Gasteiger partial charge in [-0.1, -0.05) is 6.92 Å². The molecule has 0 saturated heterocycles. The number of nitrogen functional groups attached to an aromatic ring is 1. The Bertz CT molecular complexity index is 1280. The molecule has 0 aliphatic carbocycles. The van der Waals surface area contributed by atoms with Crippen molar-refractivity contribution >= 4 is 26.6 Å². The fourth-order valence-corrected chi connectivity index (χ4v) is 4.16. The predicted molar refractivity (Wildman–Crippen MR) is 101 cm³/mol. The molecule has 0 atom stereocenters. The summed E-state index contributed by atoms with van der Waals surface area (Å²) in [7, 11) is -2.35. The molecule has 0 bridgehead atoms. The zero-order valence-corrected chi connectivity index (χ0v) is 16.6. The summed E-state index contributed by atoms with van der Waals surface area (Å²) in [5.41, 5.74) is 3.38. The van der Waals surface area contributed by atoms with Gasteiger partial charge < -0.3 is 14.9 Å². The van der Waals surface area contributed by atoms with Crippen LogP contribution in [0.1, 0.15) is 19.5 Å². The lowest BCUT2D eigenvalue weighted by molar-refractivity contribution is -0.144. The first-order valence-electron chi connectivity index (χ1n) is 8.58. The number of alkyl halides is 3. The molecular formula is C17H18F3N5O3S. The number of halogens is 3. The number of nitrogens with zero attached hydrogens (tertiary/aromatic N) is 4. The third-order valence-electron chi connectivity index (χ3n) is 4.54. The minimum absolute atomic E-state index is 0.0499. The summed E-state index contributed by atoms with van der Waals surface area (Å²) in [5, 5.41) is 0. The summed E-state index contributed by atoms with van der Waals surface area (Å²) < 4.78 is 67.0. The van der Waals surface area contributed by atoms with Crippen LogP contribution >= 0.6 is 0 Å². The van der Waals surface area contributed by atoms with Gasteiger partial charge in [0, 0.05) is 13.6 Å². The Hall–Kier alpha value is -2.89. The first-order chi connectivity index (χ1) is 13.4. The summed E-state index contributed by atoms with van der Waals surface area (Å²) in [6.07, 6.45) is -3.54. The summed E-state index contributed by atoms with van der Waals surface area (Å²) in [4.78, 5) is 20.7. The number of pyridine rings is 2. The Balaban J connectivity index is 2.42. The third-order valence-corrected chi connectivity index (χ3v) is 6.28. The van der Waals surface area contributed by atoms with Gasteiger partial charge in [0.25, 0.3) is 5.56 Å². The van der Waals surface area contributed by atoms with Crippen molar-refractivity contribution in [3.63, 3.8) is 0 Å². The van der Waals surface area contributed by atoms with Crippen LogP contribution in [0.5, 0.6) is 0 Å². The molecular weight excluding hydrogens is 411 g/mol. The summed E-state index contributed by atoms with van der Waals surface area (Å²) in [6, 6.07) is 1.99. The SMILES string of the molecule is CCn1c(C(F)(F)F)cc2nc(-c3ncc(N)cc3S(=O)(=O)CC)n(C)c2c1=O. The highest BCUT2D eigenvalue weighted by Gasteiger charge is 2.36. The number of aryl methyl sites for hydroxylation is 1. The number of aromatic nitrogens is 4. The summed E-state index contributed by atoms with van der Waals surface area (Å²) in [6.45, 7) is 2.67. The van der Waals surface area contributed by atoms with Crippen LogP contribution in [-0.2, 0) is 29.6 Å². The maximum absolute atomic E-state index is 13.4. The molecule has 0 aliphatic rings. The zero-order valence-electron chi connectivity index (χ0n) is 15.8. The van der Waals surface area contributed by atoms with Crippen molar-refractivity contribution in [3.05, 3.63) is 34.4 Å². The first kappa shape index (κ1) is 20.8. The Morgan fingerprint density at radius 3 is 2.41 bits per heavy atom. The molecule has 0 unspecified atom stereocenters. The van der Waals surface area contributed by atoms with Gasteiger partial charge in [0.2, 0.25) is 0 Å². The molecule has 0 aromatic carbocycles. The molecule has 3 rings (SSSR count). The Kier molecular flexibility index (Phi) is 4.93. The van der Waals surface area contributed by atoms with E-state index in [-0.39, 0.29) is 45.4 Å². The second-order valence-electron chi connectivity index (χ2n) is 6.32. The maximum atomic E-state index is 13.4. The zero-order chi connectivity index (χ0) is 21.7. The van der Waals surface area contributed by atoms with Gasteiger partial charge in [-0.25, -0.2) is 18.4 Å². The van der Waals surface area contributed by atoms with E-state index in [2.05, 4.69) is 9.97 Å². The quantitative estimate of drug-likeness (QED) is 0.680. The summed E-state index contributed by atoms with van der Waals surface area (Å²) >= 11 is 0. The number of sulfone groups is 1. The Morgan fingerprint density at radius 1 is 1.21 bits per heavy atom. The highest BCUT2D eigenvalue weighted by atomic mass is 32.2. The van der Waals surface area contributed by atoms with Crippen LogP contribution in [0.2, 0.25) is 0 Å². The van der Waals surface area contributed by atoms with Gasteiger partial charge in [0.15, 0.2) is 15.7 Å². The van der Waals surface area contributed by atoms with Gasteiger partial charge in [-0.15, -0.1) is 0 Å². The van der Waals surface area contributed by atoms with Crippen LogP contribution in [0.25, 0.3) is 22.6 Å². The monoisotopic (exact) mass is 429 g/mol. The van der Waals surface area contributed by atoms with E-state index in [0.29, 0.717) is 4.57 Å². The van der Waals surface area contributed by atoms with Gasteiger partial charge in [-0.2, -0.15) is 13.2 Å². The average Bonchev–Trinajstić information content (AvgIpc) is 2.97. The minimum atomic E-state index is -4.75. The lowest BCUT2D eigenvalue weighted by Gasteiger charge is -2.14. The molecule has 0 radical (unpaired) electrons. The normalized spacial score (nSPS) is 12.6. The number of imidazole rings is 1. The Labute approximate surface area is 163 Å². The van der Waals surface area contributed by atoms with Crippen molar-refractivity contribution in [2.24, 2.45) is 7.05 Å². The number of hydrogen-bond acceptors (Lipinski definition) is 6. The standard InChI is InChI=1S/C17H18F3N5O3S/c1-4-25-12(17(18,19)20)7-10-14(16(25)26)24(3)15(23-10)13-11(29(27,28)5-2)6-9(21)8-22-13/h6-8H,4-5,21H2,1-3H3. The van der Waals surface area contributed by atoms with E-state index in [9.17, 15) is 26.4 Å². The second-order valence-corrected chi connectivity index (χ2v) is 8.57. The van der Waals surface area contributed by atoms with Crippen molar-refractivity contribution < 1.29 is 21.6 Å². The minimum Gasteiger partial charge on any atom is -0.397 e. The molecule has 156 valence electrons. The largest absolute Gasteiger partial charge is 0.431 e. The van der Waals surface area contributed by atoms with E-state index in [4.69, 9.17) is 5.73 Å². The van der Waals surface area contributed by atoms with Crippen LogP contribution in [0.15, 0.2) is 28.0 Å². The highest BCUT2D eigenvalue weighted by molar-refractivity contribution is 7.91. The van der Waals surface area contributed by atoms with Crippen LogP contribution in [0, 0.1) is 0 Å². The van der Waals surface area contributed by atoms with Crippen LogP contribution < -0.4 is 11.3 Å². The van der Waals surface area contributed by atoms with Gasteiger partial charge in [0.1, 0.15) is 16.9 Å². The van der Waals surface area contributed by atoms with Crippen molar-refractivity contribution in [2.75, 3.05) is 11.5 Å². The van der Waals surface area contributed by atoms with E-state index >= 15 is 0 Å². The molecule has 3 aromatic rings. The molecule has 0 fully saturated rings. The molecule has 8 nitrogen and oxygen atoms in total. The molecule has 2 N–H and O–H groups in total. The number of nitrogens with two attached hydrogens (primary N) is 1. The average molecular weight is 429 g/mol. The number of fused-ring (bicyclic) bond motifs is 1. The van der Waals surface area contributed by atoms with E-state index in [1.807, 2.05) is 0 Å². The van der Waals surface area contributed by atoms with E-state index in [0.717, 1.165) is 6.07 Å². The Morgan fingerprint density at radius 2 is 1.86 bits per heavy atom. The number of hydrogen-bond donors (Lipinski definition) is 1. The molecule has 12 heteroatoms. The van der Waals surface area contributed by atoms with Crippen molar-refractivity contribution in [1.29, 1.82) is 0 Å². The predicted octanol–water partition coefficient (Wildman–Crippen LogP) is 2.21. The first-order valence-corrected chi connectivity index (χ1v) is 10.2. The van der Waals surface area contributed by atoms with Crippen LogP contribution in [0.3, 0.4) is 0 Å². The van der Waals surface area contributed by atoms with Crippen molar-refractivity contribution in [1.82, 2.24) is 19.1 Å². The van der Waals surface area contributed by atoms with Gasteiger partial charge >= 0.3 is 6.18 Å². The third kappa shape index (κ3) is 3.37. The van der Waals surface area contributed by atoms with E-state index < -0.39 is 27.3 Å². The highest BCUT2D eigenvalue weighted by Crippen LogP contribution is 2.32. The topological polar surface area (TPSA) is 113 Å². The molecule has 0 amide bonds. The fraction of sp³-hybridized carbons (Fsp3) is 0.353. The van der Waals surface area contributed by atoms with E-state index in [1.54, 1.807) is 0 Å². The molecule has 3 heterocycles. The number of rotatable bonds is 4.